The van der Waals surface area contributed by atoms with Gasteiger partial charge >= 0.3 is 5.97 Å². The molecule has 0 unspecified atom stereocenters. The maximum atomic E-state index is 11.4. The smallest absolute Gasteiger partial charge is 0.338 e. The molecule has 4 heteroatoms. The molecule has 0 atom stereocenters. The van der Waals surface area contributed by atoms with Crippen LogP contribution in [-0.2, 0) is 16.0 Å². The molecule has 76 valence electrons. The van der Waals surface area contributed by atoms with Gasteiger partial charge in [0.05, 0.1) is 18.4 Å². The zero-order chi connectivity index (χ0) is 10.8. The third-order valence-electron chi connectivity index (χ3n) is 2.37. The molecular formula is C11H9NO3. The number of ether oxygens (including phenoxy) is 1. The molecule has 0 saturated carbocycles. The van der Waals surface area contributed by atoms with E-state index in [9.17, 15) is 9.59 Å². The van der Waals surface area contributed by atoms with Gasteiger partial charge in [-0.05, 0) is 6.07 Å². The van der Waals surface area contributed by atoms with E-state index in [1.807, 2.05) is 0 Å². The second kappa shape index (κ2) is 3.65. The van der Waals surface area contributed by atoms with Crippen LogP contribution in [-0.4, -0.2) is 24.3 Å². The molecule has 1 aromatic heterocycles. The molecule has 0 aliphatic heterocycles. The standard InChI is InChI=1S/C11H9NO3/c1-15-11(14)8-4-5-12-9-3-2-7(6-13)10(8)9/h2,4-6H,3H2,1H3. The molecule has 1 aliphatic carbocycles. The number of methoxy groups -OCH3 is 1. The summed E-state index contributed by atoms with van der Waals surface area (Å²) in [5, 5.41) is 0. The zero-order valence-corrected chi connectivity index (χ0v) is 8.19. The van der Waals surface area contributed by atoms with Gasteiger partial charge in [-0.2, -0.15) is 0 Å². The normalized spacial score (nSPS) is 13.0. The van der Waals surface area contributed by atoms with Crippen molar-refractivity contribution in [2.75, 3.05) is 7.11 Å². The fraction of sp³-hybridized carbons (Fsp3) is 0.182. The number of pyridine rings is 1. The van der Waals surface area contributed by atoms with Gasteiger partial charge in [0.15, 0.2) is 0 Å². The highest BCUT2D eigenvalue weighted by Crippen LogP contribution is 2.27. The van der Waals surface area contributed by atoms with E-state index in [2.05, 4.69) is 9.72 Å². The highest BCUT2D eigenvalue weighted by atomic mass is 16.5. The van der Waals surface area contributed by atoms with E-state index >= 15 is 0 Å². The van der Waals surface area contributed by atoms with Crippen molar-refractivity contribution in [3.63, 3.8) is 0 Å². The van der Waals surface area contributed by atoms with Gasteiger partial charge in [0, 0.05) is 23.8 Å². The summed E-state index contributed by atoms with van der Waals surface area (Å²) in [6, 6.07) is 1.56. The first-order chi connectivity index (χ1) is 7.27. The predicted molar refractivity (Wildman–Crippen MR) is 53.3 cm³/mol. The number of carbonyl (C=O) groups is 2. The van der Waals surface area contributed by atoms with E-state index in [0.717, 1.165) is 12.0 Å². The number of rotatable bonds is 2. The Labute approximate surface area is 86.6 Å². The van der Waals surface area contributed by atoms with Crippen LogP contribution in [0.5, 0.6) is 0 Å². The van der Waals surface area contributed by atoms with Crippen LogP contribution in [0.25, 0.3) is 5.57 Å². The van der Waals surface area contributed by atoms with Crippen molar-refractivity contribution >= 4 is 17.8 Å². The van der Waals surface area contributed by atoms with Gasteiger partial charge in [-0.3, -0.25) is 9.78 Å². The monoisotopic (exact) mass is 203 g/mol. The minimum absolute atomic E-state index is 0.401. The molecule has 1 aromatic rings. The topological polar surface area (TPSA) is 56.3 Å². The number of aromatic nitrogens is 1. The van der Waals surface area contributed by atoms with Gasteiger partial charge in [-0.1, -0.05) is 6.08 Å². The number of hydrogen-bond acceptors (Lipinski definition) is 4. The Morgan fingerprint density at radius 3 is 3.07 bits per heavy atom. The summed E-state index contributed by atoms with van der Waals surface area (Å²) in [5.74, 6) is -0.441. The van der Waals surface area contributed by atoms with Crippen molar-refractivity contribution in [2.45, 2.75) is 6.42 Å². The Morgan fingerprint density at radius 2 is 2.40 bits per heavy atom. The zero-order valence-electron chi connectivity index (χ0n) is 8.19. The lowest BCUT2D eigenvalue weighted by Crippen LogP contribution is -2.07. The fourth-order valence-corrected chi connectivity index (χ4v) is 1.68. The third kappa shape index (κ3) is 1.44. The van der Waals surface area contributed by atoms with Crippen LogP contribution >= 0.6 is 0 Å². The van der Waals surface area contributed by atoms with Crippen molar-refractivity contribution in [3.8, 4) is 0 Å². The number of fused-ring (bicyclic) bond motifs is 1. The summed E-state index contributed by atoms with van der Waals surface area (Å²) in [6.45, 7) is 0. The largest absolute Gasteiger partial charge is 0.465 e. The summed E-state index contributed by atoms with van der Waals surface area (Å²) in [6.07, 6.45) is 4.64. The highest BCUT2D eigenvalue weighted by molar-refractivity contribution is 6.13. The van der Waals surface area contributed by atoms with Crippen molar-refractivity contribution in [3.05, 3.63) is 35.2 Å². The quantitative estimate of drug-likeness (QED) is 0.531. The second-order valence-electron chi connectivity index (χ2n) is 3.15. The van der Waals surface area contributed by atoms with Crippen molar-refractivity contribution in [2.24, 2.45) is 0 Å². The number of hydrogen-bond donors (Lipinski definition) is 0. The Kier molecular flexibility index (Phi) is 2.33. The van der Waals surface area contributed by atoms with Gasteiger partial charge in [-0.15, -0.1) is 0 Å². The minimum Gasteiger partial charge on any atom is -0.465 e. The first-order valence-corrected chi connectivity index (χ1v) is 4.50. The van der Waals surface area contributed by atoms with E-state index in [-0.39, 0.29) is 0 Å². The van der Waals surface area contributed by atoms with Crippen LogP contribution in [0.15, 0.2) is 18.3 Å². The van der Waals surface area contributed by atoms with Crippen LogP contribution in [0.2, 0.25) is 0 Å². The second-order valence-corrected chi connectivity index (χ2v) is 3.15. The fourth-order valence-electron chi connectivity index (χ4n) is 1.68. The Bertz CT molecular complexity index is 463. The van der Waals surface area contributed by atoms with Gasteiger partial charge in [-0.25, -0.2) is 4.79 Å². The summed E-state index contributed by atoms with van der Waals surface area (Å²) in [7, 11) is 1.31. The lowest BCUT2D eigenvalue weighted by atomic mass is 10.0. The van der Waals surface area contributed by atoms with Crippen molar-refractivity contribution in [1.82, 2.24) is 4.98 Å². The lowest BCUT2D eigenvalue weighted by molar-refractivity contribution is -0.103. The molecule has 0 fully saturated rings. The van der Waals surface area contributed by atoms with Crippen LogP contribution < -0.4 is 0 Å². The minimum atomic E-state index is -0.441. The number of esters is 1. The number of carbonyl (C=O) groups excluding carboxylic acids is 2. The highest BCUT2D eigenvalue weighted by Gasteiger charge is 2.22. The van der Waals surface area contributed by atoms with Gasteiger partial charge in [0.1, 0.15) is 6.29 Å². The average Bonchev–Trinajstić information content (AvgIpc) is 2.70. The molecule has 0 aromatic carbocycles. The molecule has 0 radical (unpaired) electrons. The molecule has 4 nitrogen and oxygen atoms in total. The van der Waals surface area contributed by atoms with Crippen LogP contribution in [0.1, 0.15) is 21.6 Å². The Balaban J connectivity index is 2.59. The predicted octanol–water partition coefficient (Wildman–Crippen LogP) is 1.01. The van der Waals surface area contributed by atoms with Crippen molar-refractivity contribution in [1.29, 1.82) is 0 Å². The Hall–Kier alpha value is -1.97. The summed E-state index contributed by atoms with van der Waals surface area (Å²) in [4.78, 5) is 26.3. The first-order valence-electron chi connectivity index (χ1n) is 4.50. The molecule has 0 amide bonds. The maximum Gasteiger partial charge on any atom is 0.338 e. The van der Waals surface area contributed by atoms with Crippen molar-refractivity contribution < 1.29 is 14.3 Å². The molecular weight excluding hydrogens is 194 g/mol. The summed E-state index contributed by atoms with van der Waals surface area (Å²) >= 11 is 0. The SMILES string of the molecule is COC(=O)c1ccnc2c1C(C=O)=CC2. The summed E-state index contributed by atoms with van der Waals surface area (Å²) < 4.78 is 4.64. The molecule has 0 N–H and O–H groups in total. The number of allylic oxidation sites excluding steroid dienone is 2. The summed E-state index contributed by atoms with van der Waals surface area (Å²) in [5.41, 5.74) is 2.27. The van der Waals surface area contributed by atoms with Gasteiger partial charge < -0.3 is 4.74 Å². The van der Waals surface area contributed by atoms with Gasteiger partial charge in [0.25, 0.3) is 0 Å². The first kappa shape index (κ1) is 9.58. The van der Waals surface area contributed by atoms with E-state index < -0.39 is 5.97 Å². The molecule has 0 spiro atoms. The van der Waals surface area contributed by atoms with Gasteiger partial charge in [0.2, 0.25) is 0 Å². The molecule has 2 rings (SSSR count). The third-order valence-corrected chi connectivity index (χ3v) is 2.37. The van der Waals surface area contributed by atoms with Crippen LogP contribution in [0, 0.1) is 0 Å². The molecule has 15 heavy (non-hydrogen) atoms. The number of nitrogens with zero attached hydrogens (tertiary/aromatic N) is 1. The molecule has 1 aliphatic rings. The van der Waals surface area contributed by atoms with E-state index in [4.69, 9.17) is 0 Å². The Morgan fingerprint density at radius 1 is 1.60 bits per heavy atom. The molecule has 0 bridgehead atoms. The average molecular weight is 203 g/mol. The van der Waals surface area contributed by atoms with E-state index in [1.54, 1.807) is 18.3 Å². The van der Waals surface area contributed by atoms with Crippen LogP contribution in [0.3, 0.4) is 0 Å². The number of aldehydes is 1. The molecule has 0 saturated heterocycles. The van der Waals surface area contributed by atoms with E-state index in [1.165, 1.54) is 7.11 Å². The van der Waals surface area contributed by atoms with E-state index in [0.29, 0.717) is 23.1 Å². The maximum absolute atomic E-state index is 11.4. The molecule has 1 heterocycles. The van der Waals surface area contributed by atoms with Crippen LogP contribution in [0.4, 0.5) is 0 Å². The lowest BCUT2D eigenvalue weighted by Gasteiger charge is -2.06.